The van der Waals surface area contributed by atoms with Crippen LogP contribution in [0.25, 0.3) is 0 Å². The maximum absolute atomic E-state index is 11.3. The first-order valence-corrected chi connectivity index (χ1v) is 8.73. The fraction of sp³-hybridized carbons (Fsp3) is 0.667. The minimum Gasteiger partial charge on any atom is -0.404 e. The number of rotatable bonds is 14. The van der Waals surface area contributed by atoms with E-state index < -0.39 is 0 Å². The maximum Gasteiger partial charge on any atom is 1.00 e. The van der Waals surface area contributed by atoms with Crippen LogP contribution in [0.1, 0.15) is 12.8 Å². The van der Waals surface area contributed by atoms with Gasteiger partial charge in [-0.1, -0.05) is 6.61 Å². The third-order valence-corrected chi connectivity index (χ3v) is 3.12. The van der Waals surface area contributed by atoms with Gasteiger partial charge in [0.1, 0.15) is 6.61 Å². The van der Waals surface area contributed by atoms with Gasteiger partial charge in [-0.2, -0.15) is 0 Å². The molecule has 0 unspecified atom stereocenters. The summed E-state index contributed by atoms with van der Waals surface area (Å²) in [6.07, 6.45) is 0.455. The summed E-state index contributed by atoms with van der Waals surface area (Å²) in [6, 6.07) is 0. The molecular formula is C18H34LiN3O6-2. The van der Waals surface area contributed by atoms with Crippen LogP contribution in [0.5, 0.6) is 0 Å². The minimum absolute atomic E-state index is 0. The van der Waals surface area contributed by atoms with E-state index in [-0.39, 0.29) is 56.0 Å². The van der Waals surface area contributed by atoms with Crippen molar-refractivity contribution in [2.24, 2.45) is 0 Å². The van der Waals surface area contributed by atoms with Gasteiger partial charge in [-0.05, 0) is 0 Å². The molecule has 0 bridgehead atoms. The average molecular weight is 395 g/mol. The van der Waals surface area contributed by atoms with Crippen LogP contribution >= 0.6 is 0 Å². The van der Waals surface area contributed by atoms with Crippen molar-refractivity contribution in [1.82, 2.24) is 15.5 Å². The number of nitrogens with one attached hydrogen (secondary N) is 2. The Hall–Kier alpha value is -1.11. The first kappa shape index (κ1) is 31.6. The summed E-state index contributed by atoms with van der Waals surface area (Å²) in [5.74, 6) is -0.348. The molecule has 0 saturated heterocycles. The summed E-state index contributed by atoms with van der Waals surface area (Å²) in [4.78, 5) is 34.5. The fourth-order valence-electron chi connectivity index (χ4n) is 1.59. The summed E-state index contributed by atoms with van der Waals surface area (Å²) < 4.78 is 14.7. The number of nitrogens with zero attached hydrogens (tertiary/aromatic N) is 1. The molecule has 0 aromatic carbocycles. The Morgan fingerprint density at radius 1 is 0.929 bits per heavy atom. The Balaban J connectivity index is -0.000000432. The van der Waals surface area contributed by atoms with E-state index in [1.165, 1.54) is 4.90 Å². The third-order valence-electron chi connectivity index (χ3n) is 3.12. The molecule has 0 aromatic rings. The predicted molar refractivity (Wildman–Crippen MR) is 102 cm³/mol. The molecule has 0 aliphatic heterocycles. The molecule has 3 amide bonds. The molecule has 0 rings (SSSR count). The van der Waals surface area contributed by atoms with Crippen LogP contribution in [-0.2, 0) is 28.6 Å². The van der Waals surface area contributed by atoms with Crippen molar-refractivity contribution in [3.63, 3.8) is 0 Å². The zero-order chi connectivity index (χ0) is 20.9. The van der Waals surface area contributed by atoms with E-state index in [1.807, 2.05) is 0 Å². The molecule has 0 spiro atoms. The van der Waals surface area contributed by atoms with Crippen LogP contribution in [0.15, 0.2) is 0 Å². The number of carbonyl (C=O) groups is 3. The first-order chi connectivity index (χ1) is 13.0. The Morgan fingerprint density at radius 3 is 2.07 bits per heavy atom. The zero-order valence-electron chi connectivity index (χ0n) is 17.6. The van der Waals surface area contributed by atoms with Crippen LogP contribution in [0.2, 0.25) is 0 Å². The molecule has 0 radical (unpaired) electrons. The van der Waals surface area contributed by atoms with Crippen molar-refractivity contribution in [3.8, 4) is 0 Å². The average Bonchev–Trinajstić information content (AvgIpc) is 2.68. The number of hydrogen-bond donors (Lipinski definition) is 2. The van der Waals surface area contributed by atoms with E-state index in [4.69, 9.17) is 14.2 Å². The molecule has 0 aromatic heterocycles. The summed E-state index contributed by atoms with van der Waals surface area (Å²) in [7, 11) is 3.16. The topological polar surface area (TPSA) is 106 Å². The zero-order valence-corrected chi connectivity index (χ0v) is 17.6. The molecular weight excluding hydrogens is 361 g/mol. The van der Waals surface area contributed by atoms with Crippen LogP contribution in [0.4, 0.5) is 0 Å². The van der Waals surface area contributed by atoms with Crippen molar-refractivity contribution in [1.29, 1.82) is 0 Å². The van der Waals surface area contributed by atoms with Gasteiger partial charge in [-0.15, -0.1) is 13.1 Å². The van der Waals surface area contributed by atoms with Gasteiger partial charge in [0, 0.05) is 33.5 Å². The largest absolute Gasteiger partial charge is 1.00 e. The second kappa shape index (κ2) is 23.9. The molecule has 0 saturated carbocycles. The molecule has 160 valence electrons. The van der Waals surface area contributed by atoms with Crippen LogP contribution in [0, 0.1) is 20.8 Å². The molecule has 0 aliphatic rings. The first-order valence-electron chi connectivity index (χ1n) is 8.73. The van der Waals surface area contributed by atoms with E-state index in [0.29, 0.717) is 46.1 Å². The van der Waals surface area contributed by atoms with E-state index in [0.717, 1.165) is 0 Å². The second-order valence-corrected chi connectivity index (χ2v) is 5.06. The van der Waals surface area contributed by atoms with Crippen LogP contribution < -0.4 is 29.5 Å². The van der Waals surface area contributed by atoms with Crippen molar-refractivity contribution >= 4 is 17.7 Å². The van der Waals surface area contributed by atoms with Crippen molar-refractivity contribution in [2.75, 3.05) is 66.8 Å². The number of methoxy groups -OCH3 is 1. The smallest absolute Gasteiger partial charge is 0.404 e. The van der Waals surface area contributed by atoms with E-state index in [2.05, 4.69) is 31.4 Å². The standard InChI is InChI=1S/C9H16N2O2.C9H18NO4.Li/c1-4-11(5-2)9(13)7-6-8(12)10-3;1-3-13-8-9(11)10-4-5-14-7-6-12-2;/h1-2,4-7H2,3H3,(H,10,12);1,3-8H2,2H3,(H,10,11);/q-2;-1;+1. The Bertz CT molecular complexity index is 396. The van der Waals surface area contributed by atoms with E-state index in [9.17, 15) is 14.4 Å². The molecule has 0 heterocycles. The number of ether oxygens (including phenoxy) is 3. The second-order valence-electron chi connectivity index (χ2n) is 5.06. The SMILES string of the molecule is [CH2-]CN(C[CH2-])C(=O)CCC(=O)NC.[CH2-]COCC(=O)NCCOCCOC.[Li+]. The molecule has 2 N–H and O–H groups in total. The van der Waals surface area contributed by atoms with Gasteiger partial charge in [0.05, 0.1) is 19.8 Å². The monoisotopic (exact) mass is 395 g/mol. The molecule has 9 nitrogen and oxygen atoms in total. The normalized spacial score (nSPS) is 9.46. The van der Waals surface area contributed by atoms with Gasteiger partial charge in [0.2, 0.25) is 17.7 Å². The van der Waals surface area contributed by atoms with E-state index in [1.54, 1.807) is 14.2 Å². The number of hydrogen-bond acceptors (Lipinski definition) is 6. The van der Waals surface area contributed by atoms with Gasteiger partial charge in [0.25, 0.3) is 0 Å². The Labute approximate surface area is 181 Å². The Morgan fingerprint density at radius 2 is 1.57 bits per heavy atom. The summed E-state index contributed by atoms with van der Waals surface area (Å²) in [5.41, 5.74) is 0. The van der Waals surface area contributed by atoms with Gasteiger partial charge >= 0.3 is 18.9 Å². The molecule has 0 fully saturated rings. The van der Waals surface area contributed by atoms with Gasteiger partial charge in [-0.25, -0.2) is 0 Å². The molecule has 28 heavy (non-hydrogen) atoms. The predicted octanol–water partition coefficient (Wildman–Crippen LogP) is -3.37. The third kappa shape index (κ3) is 21.2. The number of carbonyl (C=O) groups excluding carboxylic acids is 3. The minimum atomic E-state index is -0.149. The molecule has 0 aliphatic carbocycles. The van der Waals surface area contributed by atoms with Gasteiger partial charge < -0.3 is 50.5 Å². The number of amides is 3. The van der Waals surface area contributed by atoms with Gasteiger partial charge in [0.15, 0.2) is 0 Å². The molecule has 0 atom stereocenters. The van der Waals surface area contributed by atoms with Gasteiger partial charge in [-0.3, -0.25) is 14.4 Å². The van der Waals surface area contributed by atoms with Crippen molar-refractivity contribution in [3.05, 3.63) is 20.8 Å². The fourth-order valence-corrected chi connectivity index (χ4v) is 1.59. The van der Waals surface area contributed by atoms with Crippen LogP contribution in [0.3, 0.4) is 0 Å². The quantitative estimate of drug-likeness (QED) is 0.181. The summed E-state index contributed by atoms with van der Waals surface area (Å²) in [6.45, 7) is 13.9. The van der Waals surface area contributed by atoms with E-state index >= 15 is 0 Å². The Kier molecular flexibility index (Phi) is 27.0. The maximum atomic E-state index is 11.3. The summed E-state index contributed by atoms with van der Waals surface area (Å²) >= 11 is 0. The molecule has 10 heteroatoms. The van der Waals surface area contributed by atoms with Crippen molar-refractivity contribution in [2.45, 2.75) is 12.8 Å². The van der Waals surface area contributed by atoms with Crippen molar-refractivity contribution < 1.29 is 47.5 Å². The van der Waals surface area contributed by atoms with Crippen LogP contribution in [-0.4, -0.2) is 89.4 Å². The summed E-state index contributed by atoms with van der Waals surface area (Å²) in [5, 5.41) is 5.09.